The molecule has 2 aromatic rings. The molecule has 2 rings (SSSR count). The quantitative estimate of drug-likeness (QED) is 0.658. The van der Waals surface area contributed by atoms with Gasteiger partial charge in [0.25, 0.3) is 5.91 Å². The van der Waals surface area contributed by atoms with Gasteiger partial charge in [-0.3, -0.25) is 4.79 Å². The third kappa shape index (κ3) is 4.09. The molecule has 1 amide bonds. The molecule has 0 fully saturated rings. The lowest BCUT2D eigenvalue weighted by molar-refractivity contribution is -0.123. The van der Waals surface area contributed by atoms with Gasteiger partial charge in [-0.15, -0.1) is 0 Å². The second kappa shape index (κ2) is 7.26. The predicted molar refractivity (Wildman–Crippen MR) is 85.3 cm³/mol. The lowest BCUT2D eigenvalue weighted by atomic mass is 10.1. The number of nitrogens with one attached hydrogen (secondary N) is 1. The summed E-state index contributed by atoms with van der Waals surface area (Å²) in [6.07, 6.45) is 1.38. The predicted octanol–water partition coefficient (Wildman–Crippen LogP) is 2.54. The smallest absolute Gasteiger partial charge is 0.277 e. The number of amides is 1. The van der Waals surface area contributed by atoms with E-state index in [0.717, 1.165) is 11.1 Å². The molecule has 114 valence electrons. The van der Waals surface area contributed by atoms with Crippen molar-refractivity contribution in [1.29, 1.82) is 0 Å². The third-order valence-electron chi connectivity index (χ3n) is 3.09. The van der Waals surface area contributed by atoms with Gasteiger partial charge in [0.15, 0.2) is 6.61 Å². The molecule has 0 aliphatic rings. The highest BCUT2D eigenvalue weighted by atomic mass is 16.5. The molecule has 5 heteroatoms. The summed E-state index contributed by atoms with van der Waals surface area (Å²) in [4.78, 5) is 11.7. The standard InChI is InChI=1S/C17H18N2O3/c1-12-6-5-7-13(2)17(12)22-11-16(21)19-18-10-14-8-3-4-9-15(14)20/h3-10,20H,11H2,1-2H3,(H,19,21). The van der Waals surface area contributed by atoms with Gasteiger partial charge in [0.2, 0.25) is 0 Å². The Kier molecular flexibility index (Phi) is 5.14. The molecule has 0 aliphatic heterocycles. The number of benzene rings is 2. The van der Waals surface area contributed by atoms with Crippen LogP contribution >= 0.6 is 0 Å². The first-order chi connectivity index (χ1) is 10.6. The molecule has 0 saturated carbocycles. The van der Waals surface area contributed by atoms with Crippen LogP contribution in [-0.2, 0) is 4.79 Å². The van der Waals surface area contributed by atoms with Crippen molar-refractivity contribution in [2.45, 2.75) is 13.8 Å². The third-order valence-corrected chi connectivity index (χ3v) is 3.09. The van der Waals surface area contributed by atoms with Gasteiger partial charge in [-0.1, -0.05) is 30.3 Å². The zero-order valence-electron chi connectivity index (χ0n) is 12.5. The Balaban J connectivity index is 1.88. The number of phenolic OH excluding ortho intramolecular Hbond substituents is 1. The SMILES string of the molecule is Cc1cccc(C)c1OCC(=O)NN=Cc1ccccc1O. The monoisotopic (exact) mass is 298 g/mol. The zero-order chi connectivity index (χ0) is 15.9. The van der Waals surface area contributed by atoms with E-state index in [4.69, 9.17) is 4.74 Å². The molecule has 0 bridgehead atoms. The lowest BCUT2D eigenvalue weighted by Gasteiger charge is -2.10. The maximum absolute atomic E-state index is 11.7. The highest BCUT2D eigenvalue weighted by molar-refractivity contribution is 5.85. The first kappa shape index (κ1) is 15.6. The minimum atomic E-state index is -0.366. The van der Waals surface area contributed by atoms with Crippen molar-refractivity contribution < 1.29 is 14.6 Å². The molecule has 0 heterocycles. The molecular weight excluding hydrogens is 280 g/mol. The van der Waals surface area contributed by atoms with Crippen LogP contribution in [0.1, 0.15) is 16.7 Å². The second-order valence-electron chi connectivity index (χ2n) is 4.86. The Morgan fingerprint density at radius 1 is 1.18 bits per heavy atom. The van der Waals surface area contributed by atoms with E-state index in [0.29, 0.717) is 11.3 Å². The maximum Gasteiger partial charge on any atom is 0.277 e. The van der Waals surface area contributed by atoms with E-state index >= 15 is 0 Å². The summed E-state index contributed by atoms with van der Waals surface area (Å²) in [5.74, 6) is 0.448. The number of hydrazone groups is 1. The Hall–Kier alpha value is -2.82. The van der Waals surface area contributed by atoms with Gasteiger partial charge in [-0.05, 0) is 37.1 Å². The highest BCUT2D eigenvalue weighted by Crippen LogP contribution is 2.21. The normalized spacial score (nSPS) is 10.6. The average Bonchev–Trinajstić information content (AvgIpc) is 2.49. The largest absolute Gasteiger partial charge is 0.507 e. The molecule has 0 radical (unpaired) electrons. The first-order valence-corrected chi connectivity index (χ1v) is 6.87. The van der Waals surface area contributed by atoms with Crippen LogP contribution in [0.2, 0.25) is 0 Å². The van der Waals surface area contributed by atoms with E-state index in [2.05, 4.69) is 10.5 Å². The number of aryl methyl sites for hydroxylation is 2. The van der Waals surface area contributed by atoms with Crippen LogP contribution in [-0.4, -0.2) is 23.8 Å². The van der Waals surface area contributed by atoms with Crippen molar-refractivity contribution in [3.05, 3.63) is 59.2 Å². The fourth-order valence-electron chi connectivity index (χ4n) is 1.97. The van der Waals surface area contributed by atoms with E-state index in [-0.39, 0.29) is 18.3 Å². The lowest BCUT2D eigenvalue weighted by Crippen LogP contribution is -2.25. The van der Waals surface area contributed by atoms with Crippen LogP contribution in [0, 0.1) is 13.8 Å². The molecule has 0 atom stereocenters. The van der Waals surface area contributed by atoms with Crippen LogP contribution in [0.5, 0.6) is 11.5 Å². The number of phenols is 1. The van der Waals surface area contributed by atoms with Gasteiger partial charge in [0.1, 0.15) is 11.5 Å². The summed E-state index contributed by atoms with van der Waals surface area (Å²) in [7, 11) is 0. The molecule has 0 spiro atoms. The minimum Gasteiger partial charge on any atom is -0.507 e. The topological polar surface area (TPSA) is 70.9 Å². The minimum absolute atomic E-state index is 0.104. The van der Waals surface area contributed by atoms with Crippen LogP contribution in [0.4, 0.5) is 0 Å². The van der Waals surface area contributed by atoms with E-state index in [9.17, 15) is 9.90 Å². The summed E-state index contributed by atoms with van der Waals surface area (Å²) in [5.41, 5.74) is 4.84. The van der Waals surface area contributed by atoms with Crippen molar-refractivity contribution in [3.8, 4) is 11.5 Å². The molecule has 5 nitrogen and oxygen atoms in total. The first-order valence-electron chi connectivity index (χ1n) is 6.87. The van der Waals surface area contributed by atoms with Crippen molar-refractivity contribution in [3.63, 3.8) is 0 Å². The van der Waals surface area contributed by atoms with E-state index in [1.54, 1.807) is 24.3 Å². The van der Waals surface area contributed by atoms with Gasteiger partial charge in [0, 0.05) is 5.56 Å². The van der Waals surface area contributed by atoms with Crippen LogP contribution in [0.3, 0.4) is 0 Å². The summed E-state index contributed by atoms with van der Waals surface area (Å²) in [6.45, 7) is 3.73. The van der Waals surface area contributed by atoms with E-state index in [1.165, 1.54) is 6.21 Å². The second-order valence-corrected chi connectivity index (χ2v) is 4.86. The Bertz CT molecular complexity index is 676. The number of hydrogen-bond donors (Lipinski definition) is 2. The number of aromatic hydroxyl groups is 1. The number of hydrogen-bond acceptors (Lipinski definition) is 4. The Morgan fingerprint density at radius 3 is 2.55 bits per heavy atom. The molecule has 0 aromatic heterocycles. The number of carbonyl (C=O) groups is 1. The fraction of sp³-hybridized carbons (Fsp3) is 0.176. The number of ether oxygens (including phenoxy) is 1. The Morgan fingerprint density at radius 2 is 1.86 bits per heavy atom. The molecule has 2 N–H and O–H groups in total. The van der Waals surface area contributed by atoms with Crippen LogP contribution < -0.4 is 10.2 Å². The van der Waals surface area contributed by atoms with Crippen molar-refractivity contribution in [1.82, 2.24) is 5.43 Å². The fourth-order valence-corrected chi connectivity index (χ4v) is 1.97. The number of carbonyl (C=O) groups excluding carboxylic acids is 1. The van der Waals surface area contributed by atoms with Crippen LogP contribution in [0.15, 0.2) is 47.6 Å². The molecule has 22 heavy (non-hydrogen) atoms. The molecular formula is C17H18N2O3. The molecule has 0 saturated heterocycles. The average molecular weight is 298 g/mol. The summed E-state index contributed by atoms with van der Waals surface area (Å²) in [5, 5.41) is 13.4. The zero-order valence-corrected chi connectivity index (χ0v) is 12.5. The highest BCUT2D eigenvalue weighted by Gasteiger charge is 2.06. The molecule has 0 aliphatic carbocycles. The molecule has 2 aromatic carbocycles. The van der Waals surface area contributed by atoms with Gasteiger partial charge in [-0.25, -0.2) is 5.43 Å². The van der Waals surface area contributed by atoms with E-state index < -0.39 is 0 Å². The Labute approximate surface area is 129 Å². The van der Waals surface area contributed by atoms with Gasteiger partial charge >= 0.3 is 0 Å². The maximum atomic E-state index is 11.7. The van der Waals surface area contributed by atoms with Crippen LogP contribution in [0.25, 0.3) is 0 Å². The summed E-state index contributed by atoms with van der Waals surface area (Å²) >= 11 is 0. The van der Waals surface area contributed by atoms with Gasteiger partial charge in [-0.2, -0.15) is 5.10 Å². The van der Waals surface area contributed by atoms with E-state index in [1.807, 2.05) is 32.0 Å². The molecule has 0 unspecified atom stereocenters. The number of para-hydroxylation sites is 2. The van der Waals surface area contributed by atoms with Crippen molar-refractivity contribution in [2.75, 3.05) is 6.61 Å². The van der Waals surface area contributed by atoms with Crippen molar-refractivity contribution >= 4 is 12.1 Å². The number of rotatable bonds is 5. The van der Waals surface area contributed by atoms with Gasteiger partial charge in [0.05, 0.1) is 6.21 Å². The number of nitrogens with zero attached hydrogens (tertiary/aromatic N) is 1. The summed E-state index contributed by atoms with van der Waals surface area (Å²) < 4.78 is 5.52. The summed E-state index contributed by atoms with van der Waals surface area (Å²) in [6, 6.07) is 12.5. The van der Waals surface area contributed by atoms with Crippen molar-refractivity contribution in [2.24, 2.45) is 5.10 Å². The van der Waals surface area contributed by atoms with Gasteiger partial charge < -0.3 is 9.84 Å².